The number of benzene rings is 2. The van der Waals surface area contributed by atoms with Crippen LogP contribution < -0.4 is 9.47 Å². The van der Waals surface area contributed by atoms with Gasteiger partial charge in [0.05, 0.1) is 26.0 Å². The summed E-state index contributed by atoms with van der Waals surface area (Å²) < 4.78 is 30.4. The summed E-state index contributed by atoms with van der Waals surface area (Å²) in [5, 5.41) is 5.91. The molecule has 1 atom stereocenters. The van der Waals surface area contributed by atoms with Gasteiger partial charge in [-0.2, -0.15) is 5.10 Å². The maximum atomic E-state index is 13.9. The number of nitrogens with zero attached hydrogens (tertiary/aromatic N) is 2. The Balaban J connectivity index is 1.74. The van der Waals surface area contributed by atoms with Crippen molar-refractivity contribution in [3.63, 3.8) is 0 Å². The van der Waals surface area contributed by atoms with Crippen LogP contribution in [-0.4, -0.2) is 30.8 Å². The van der Waals surface area contributed by atoms with Crippen molar-refractivity contribution >= 4 is 27.5 Å². The third kappa shape index (κ3) is 3.82. The van der Waals surface area contributed by atoms with Gasteiger partial charge in [0, 0.05) is 12.0 Å². The average molecular weight is 473 g/mol. The standard InChI is InChI=1S/C22H18BrFN2O4/c1-28-18-7-6-13(11-20(18)29-2)16-12-17(14-4-3-5-15(24)10-14)26(25-16)22(27)19-8-9-21(23)30-19/h3-11,17H,12H2,1-2H3. The summed E-state index contributed by atoms with van der Waals surface area (Å²) in [5.74, 6) is 0.501. The molecule has 0 aliphatic carbocycles. The minimum Gasteiger partial charge on any atom is -0.493 e. The second kappa shape index (κ2) is 8.31. The summed E-state index contributed by atoms with van der Waals surface area (Å²) in [4.78, 5) is 13.1. The van der Waals surface area contributed by atoms with Gasteiger partial charge in [0.25, 0.3) is 0 Å². The number of hydrogen-bond donors (Lipinski definition) is 0. The van der Waals surface area contributed by atoms with Crippen LogP contribution in [0.1, 0.15) is 34.1 Å². The monoisotopic (exact) mass is 472 g/mol. The summed E-state index contributed by atoms with van der Waals surface area (Å²) in [6, 6.07) is 14.3. The van der Waals surface area contributed by atoms with E-state index in [1.54, 1.807) is 50.6 Å². The molecule has 0 saturated carbocycles. The first-order valence-electron chi connectivity index (χ1n) is 9.14. The molecule has 30 heavy (non-hydrogen) atoms. The molecule has 1 aromatic heterocycles. The van der Waals surface area contributed by atoms with Crippen molar-refractivity contribution in [2.24, 2.45) is 5.10 Å². The Morgan fingerprint density at radius 3 is 2.60 bits per heavy atom. The first-order valence-corrected chi connectivity index (χ1v) is 9.93. The van der Waals surface area contributed by atoms with Gasteiger partial charge >= 0.3 is 5.91 Å². The first kappa shape index (κ1) is 20.2. The summed E-state index contributed by atoms with van der Waals surface area (Å²) in [7, 11) is 3.12. The van der Waals surface area contributed by atoms with Crippen molar-refractivity contribution in [1.82, 2.24) is 5.01 Å². The molecule has 0 spiro atoms. The van der Waals surface area contributed by atoms with Gasteiger partial charge in [-0.1, -0.05) is 12.1 Å². The molecular weight excluding hydrogens is 455 g/mol. The van der Waals surface area contributed by atoms with Crippen molar-refractivity contribution in [1.29, 1.82) is 0 Å². The Kier molecular flexibility index (Phi) is 5.59. The molecule has 1 amide bonds. The van der Waals surface area contributed by atoms with Gasteiger partial charge in [0.2, 0.25) is 0 Å². The number of ether oxygens (including phenoxy) is 2. The van der Waals surface area contributed by atoms with E-state index in [1.807, 2.05) is 6.07 Å². The lowest BCUT2D eigenvalue weighted by Gasteiger charge is -2.21. The van der Waals surface area contributed by atoms with Gasteiger partial charge in [0.15, 0.2) is 21.9 Å². The van der Waals surface area contributed by atoms with E-state index in [2.05, 4.69) is 21.0 Å². The Bertz CT molecular complexity index is 1130. The molecule has 2 aromatic carbocycles. The Morgan fingerprint density at radius 2 is 1.93 bits per heavy atom. The highest BCUT2D eigenvalue weighted by molar-refractivity contribution is 9.10. The van der Waals surface area contributed by atoms with Crippen LogP contribution in [0.4, 0.5) is 4.39 Å². The highest BCUT2D eigenvalue weighted by Crippen LogP contribution is 2.36. The predicted octanol–water partition coefficient (Wildman–Crippen LogP) is 5.19. The molecule has 0 saturated heterocycles. The molecule has 4 rings (SSSR count). The molecule has 0 bridgehead atoms. The van der Waals surface area contributed by atoms with Crippen molar-refractivity contribution in [3.05, 3.63) is 82.0 Å². The third-order valence-corrected chi connectivity index (χ3v) is 5.28. The number of carbonyl (C=O) groups is 1. The molecule has 154 valence electrons. The molecule has 1 aliphatic rings. The normalized spacial score (nSPS) is 15.8. The molecule has 2 heterocycles. The van der Waals surface area contributed by atoms with E-state index in [-0.39, 0.29) is 11.6 Å². The van der Waals surface area contributed by atoms with Gasteiger partial charge in [-0.3, -0.25) is 4.79 Å². The topological polar surface area (TPSA) is 64.3 Å². The molecule has 8 heteroatoms. The van der Waals surface area contributed by atoms with E-state index in [0.717, 1.165) is 5.56 Å². The Labute approximate surface area is 181 Å². The first-order chi connectivity index (χ1) is 14.5. The molecule has 0 radical (unpaired) electrons. The minimum atomic E-state index is -0.472. The number of methoxy groups -OCH3 is 2. The minimum absolute atomic E-state index is 0.139. The third-order valence-electron chi connectivity index (χ3n) is 4.85. The van der Waals surface area contributed by atoms with Gasteiger partial charge in [-0.05, 0) is 64.0 Å². The number of carbonyl (C=O) groups excluding carboxylic acids is 1. The van der Waals surface area contributed by atoms with Crippen molar-refractivity contribution in [2.45, 2.75) is 12.5 Å². The van der Waals surface area contributed by atoms with Gasteiger partial charge in [-0.25, -0.2) is 9.40 Å². The largest absolute Gasteiger partial charge is 0.493 e. The van der Waals surface area contributed by atoms with Gasteiger partial charge in [-0.15, -0.1) is 0 Å². The Morgan fingerprint density at radius 1 is 1.13 bits per heavy atom. The van der Waals surface area contributed by atoms with Crippen molar-refractivity contribution in [3.8, 4) is 11.5 Å². The molecule has 6 nitrogen and oxygen atoms in total. The number of hydrazone groups is 1. The fourth-order valence-corrected chi connectivity index (χ4v) is 3.71. The lowest BCUT2D eigenvalue weighted by Crippen LogP contribution is -2.26. The molecule has 3 aromatic rings. The van der Waals surface area contributed by atoms with E-state index in [9.17, 15) is 9.18 Å². The number of halogens is 2. The average Bonchev–Trinajstić information content (AvgIpc) is 3.39. The summed E-state index contributed by atoms with van der Waals surface area (Å²) in [6.07, 6.45) is 0.409. The van der Waals surface area contributed by atoms with Crippen molar-refractivity contribution < 1.29 is 23.1 Å². The van der Waals surface area contributed by atoms with E-state index in [1.165, 1.54) is 17.1 Å². The van der Waals surface area contributed by atoms with Crippen LogP contribution in [0.25, 0.3) is 0 Å². The fraction of sp³-hybridized carbons (Fsp3) is 0.182. The van der Waals surface area contributed by atoms with Crippen LogP contribution in [0.3, 0.4) is 0 Å². The van der Waals surface area contributed by atoms with Crippen LogP contribution >= 0.6 is 15.9 Å². The van der Waals surface area contributed by atoms with Crippen LogP contribution in [0, 0.1) is 5.82 Å². The Hall–Kier alpha value is -3.13. The zero-order valence-corrected chi connectivity index (χ0v) is 17.8. The molecule has 1 aliphatic heterocycles. The molecule has 0 fully saturated rings. The van der Waals surface area contributed by atoms with Crippen LogP contribution in [-0.2, 0) is 0 Å². The number of furan rings is 1. The number of hydrogen-bond acceptors (Lipinski definition) is 5. The van der Waals surface area contributed by atoms with Gasteiger partial charge < -0.3 is 13.9 Å². The predicted molar refractivity (Wildman–Crippen MR) is 112 cm³/mol. The maximum absolute atomic E-state index is 13.9. The molecule has 0 N–H and O–H groups in total. The second-order valence-corrected chi connectivity index (χ2v) is 7.43. The highest BCUT2D eigenvalue weighted by atomic mass is 79.9. The van der Waals surface area contributed by atoms with Crippen molar-refractivity contribution in [2.75, 3.05) is 14.2 Å². The smallest absolute Gasteiger partial charge is 0.310 e. The lowest BCUT2D eigenvalue weighted by molar-refractivity contribution is 0.0677. The number of amides is 1. The summed E-state index contributed by atoms with van der Waals surface area (Å²) in [5.41, 5.74) is 2.10. The number of rotatable bonds is 5. The lowest BCUT2D eigenvalue weighted by atomic mass is 9.98. The van der Waals surface area contributed by atoms with Gasteiger partial charge in [0.1, 0.15) is 5.82 Å². The zero-order chi connectivity index (χ0) is 21.3. The quantitative estimate of drug-likeness (QED) is 0.512. The van der Waals surface area contributed by atoms with Crippen LogP contribution in [0.15, 0.2) is 68.8 Å². The maximum Gasteiger partial charge on any atom is 0.310 e. The molecule has 1 unspecified atom stereocenters. The zero-order valence-electron chi connectivity index (χ0n) is 16.3. The summed E-state index contributed by atoms with van der Waals surface area (Å²) >= 11 is 3.21. The van der Waals surface area contributed by atoms with E-state index in [0.29, 0.717) is 33.9 Å². The SMILES string of the molecule is COc1ccc(C2=NN(C(=O)c3ccc(Br)o3)C(c3cccc(F)c3)C2)cc1OC. The molecular formula is C22H18BrFN2O4. The second-order valence-electron chi connectivity index (χ2n) is 6.64. The highest BCUT2D eigenvalue weighted by Gasteiger charge is 2.35. The van der Waals surface area contributed by atoms with E-state index in [4.69, 9.17) is 13.9 Å². The van der Waals surface area contributed by atoms with Crippen LogP contribution in [0.2, 0.25) is 0 Å². The fourth-order valence-electron chi connectivity index (χ4n) is 3.40. The van der Waals surface area contributed by atoms with Crippen LogP contribution in [0.5, 0.6) is 11.5 Å². The van der Waals surface area contributed by atoms with E-state index < -0.39 is 11.9 Å². The van der Waals surface area contributed by atoms with E-state index >= 15 is 0 Å². The summed E-state index contributed by atoms with van der Waals surface area (Å²) in [6.45, 7) is 0.